The van der Waals surface area contributed by atoms with E-state index >= 15 is 0 Å². The Morgan fingerprint density at radius 1 is 0.796 bits per heavy atom. The van der Waals surface area contributed by atoms with Crippen molar-refractivity contribution >= 4 is 32.8 Å². The molecule has 54 heavy (non-hydrogen) atoms. The summed E-state index contributed by atoms with van der Waals surface area (Å²) in [7, 11) is 0. The number of rotatable bonds is 7. The molecule has 0 radical (unpaired) electrons. The standard InChI is InChI=1S/C47H45N5O.Pt/c1-31(2)22-32-12-11-13-35(23-32)50-30-51(44-24-33(46(3,4)5)16-19-42(44)50)36-26-38(29-48-28-36)53-37-17-18-40-39-14-9-10-15-41(39)52(43(40)27-37)45-25-34(20-21-49-45)47(6,7)8;/h9-21,23-25,28-29,31H,22H2,1-8H3;/q-2;/i22D2,31D;. The van der Waals surface area contributed by atoms with Gasteiger partial charge in [-0.2, -0.15) is 6.07 Å². The molecule has 4 aromatic carbocycles. The van der Waals surface area contributed by atoms with Gasteiger partial charge in [0.05, 0.1) is 16.7 Å². The van der Waals surface area contributed by atoms with E-state index in [1.807, 2.05) is 45.7 Å². The molecule has 0 unspecified atom stereocenters. The topological polar surface area (TPSA) is 48.8 Å². The second-order valence-electron chi connectivity index (χ2n) is 15.9. The normalized spacial score (nSPS) is 13.4. The SMILES string of the molecule is [2H]C(C)(C)C([2H])([2H])c1cccc(-[n+]2[c-]n(-c3[c-]c(Oc4[c-]c5c(cc4)c4ccccc4n5-c4cc(C(C)(C)C)ccn4)cnc3)c3cc(C(C)(C)C)ccc32)c1.[Pt]. The summed E-state index contributed by atoms with van der Waals surface area (Å²) < 4.78 is 38.5. The van der Waals surface area contributed by atoms with Crippen LogP contribution in [-0.4, -0.2) is 19.1 Å². The molecular formula is C47H45N5OPt-2. The number of aromatic nitrogens is 5. The number of imidazole rings is 1. The first-order valence-electron chi connectivity index (χ1n) is 19.5. The molecule has 8 rings (SSSR count). The number of hydrogen-bond donors (Lipinski definition) is 0. The van der Waals surface area contributed by atoms with E-state index in [0.29, 0.717) is 22.7 Å². The molecule has 0 saturated carbocycles. The van der Waals surface area contributed by atoms with Crippen LogP contribution in [0.1, 0.15) is 76.2 Å². The molecule has 0 saturated heterocycles. The van der Waals surface area contributed by atoms with E-state index in [-0.39, 0.29) is 31.9 Å². The van der Waals surface area contributed by atoms with Crippen molar-refractivity contribution in [2.45, 2.75) is 72.6 Å². The molecule has 276 valence electrons. The minimum Gasteiger partial charge on any atom is -0.508 e. The predicted molar refractivity (Wildman–Crippen MR) is 214 cm³/mol. The first-order chi connectivity index (χ1) is 26.4. The summed E-state index contributed by atoms with van der Waals surface area (Å²) >= 11 is 0. The molecule has 0 fully saturated rings. The van der Waals surface area contributed by atoms with Gasteiger partial charge in [0.2, 0.25) is 0 Å². The van der Waals surface area contributed by atoms with Crippen molar-refractivity contribution in [3.8, 4) is 28.7 Å². The van der Waals surface area contributed by atoms with Gasteiger partial charge in [0.15, 0.2) is 0 Å². The van der Waals surface area contributed by atoms with Crippen molar-refractivity contribution in [2.75, 3.05) is 0 Å². The summed E-state index contributed by atoms with van der Waals surface area (Å²) in [6.07, 6.45) is 6.86. The summed E-state index contributed by atoms with van der Waals surface area (Å²) in [6, 6.07) is 37.1. The van der Waals surface area contributed by atoms with E-state index in [0.717, 1.165) is 49.9 Å². The van der Waals surface area contributed by atoms with Crippen LogP contribution in [0.15, 0.2) is 110 Å². The van der Waals surface area contributed by atoms with Crippen LogP contribution in [-0.2, 0) is 38.3 Å². The molecule has 0 bridgehead atoms. The number of nitrogens with zero attached hydrogens (tertiary/aromatic N) is 5. The van der Waals surface area contributed by atoms with Gasteiger partial charge in [0.1, 0.15) is 5.82 Å². The zero-order valence-electron chi connectivity index (χ0n) is 34.9. The molecule has 4 aromatic heterocycles. The first-order valence-corrected chi connectivity index (χ1v) is 18.0. The van der Waals surface area contributed by atoms with Crippen molar-refractivity contribution in [3.63, 3.8) is 0 Å². The Morgan fingerprint density at radius 2 is 1.57 bits per heavy atom. The van der Waals surface area contributed by atoms with Crippen LogP contribution in [0.4, 0.5) is 0 Å². The third-order valence-electron chi connectivity index (χ3n) is 9.52. The van der Waals surface area contributed by atoms with Gasteiger partial charge >= 0.3 is 0 Å². The van der Waals surface area contributed by atoms with E-state index in [2.05, 4.69) is 118 Å². The number of benzene rings is 4. The third-order valence-corrected chi connectivity index (χ3v) is 9.52. The maximum Gasteiger partial charge on any atom is 0.268 e. The Balaban J connectivity index is 0.00000496. The van der Waals surface area contributed by atoms with Crippen LogP contribution >= 0.6 is 0 Å². The van der Waals surface area contributed by atoms with Crippen LogP contribution in [0.5, 0.6) is 11.5 Å². The minimum absolute atomic E-state index is 0. The smallest absolute Gasteiger partial charge is 0.268 e. The maximum atomic E-state index is 8.77. The Kier molecular flexibility index (Phi) is 8.87. The van der Waals surface area contributed by atoms with Crippen LogP contribution in [0.3, 0.4) is 0 Å². The zero-order valence-corrected chi connectivity index (χ0v) is 34.1. The largest absolute Gasteiger partial charge is 0.508 e. The summed E-state index contributed by atoms with van der Waals surface area (Å²) in [4.78, 5) is 9.38. The Hall–Kier alpha value is -5.06. The molecule has 0 spiro atoms. The van der Waals surface area contributed by atoms with Crippen LogP contribution < -0.4 is 9.30 Å². The number of para-hydroxylation sites is 1. The second-order valence-corrected chi connectivity index (χ2v) is 15.9. The minimum atomic E-state index is -1.88. The zero-order chi connectivity index (χ0) is 39.8. The first kappa shape index (κ1) is 33.5. The van der Waals surface area contributed by atoms with Gasteiger partial charge < -0.3 is 18.9 Å². The second kappa shape index (κ2) is 14.3. The third kappa shape index (κ3) is 7.12. The molecular weight excluding hydrogens is 846 g/mol. The van der Waals surface area contributed by atoms with Crippen LogP contribution in [0.25, 0.3) is 50.0 Å². The fraction of sp³-hybridized carbons (Fsp3) is 0.255. The molecule has 0 amide bonds. The van der Waals surface area contributed by atoms with Crippen molar-refractivity contribution in [3.05, 3.63) is 145 Å². The Bertz CT molecular complexity index is 2790. The maximum absolute atomic E-state index is 8.77. The van der Waals surface area contributed by atoms with E-state index in [9.17, 15) is 0 Å². The fourth-order valence-corrected chi connectivity index (χ4v) is 6.79. The molecule has 0 aliphatic carbocycles. The quantitative estimate of drug-likeness (QED) is 0.118. The van der Waals surface area contributed by atoms with Crippen LogP contribution in [0, 0.1) is 24.4 Å². The molecule has 0 N–H and O–H groups in total. The number of fused-ring (bicyclic) bond motifs is 4. The van der Waals surface area contributed by atoms with Crippen LogP contribution in [0.2, 0.25) is 0 Å². The van der Waals surface area contributed by atoms with Gasteiger partial charge in [-0.25, -0.2) is 4.98 Å². The molecule has 6 nitrogen and oxygen atoms in total. The van der Waals surface area contributed by atoms with Crippen molar-refractivity contribution in [1.82, 2.24) is 19.1 Å². The molecule has 8 aromatic rings. The molecule has 4 heterocycles. The Morgan fingerprint density at radius 3 is 2.35 bits per heavy atom. The van der Waals surface area contributed by atoms with E-state index in [1.54, 1.807) is 38.4 Å². The van der Waals surface area contributed by atoms with Gasteiger partial charge in [0, 0.05) is 48.4 Å². The monoisotopic (exact) mass is 893 g/mol. The summed E-state index contributed by atoms with van der Waals surface area (Å²) in [5.74, 6) is 0.396. The molecule has 7 heteroatoms. The van der Waals surface area contributed by atoms with E-state index in [4.69, 9.17) is 13.8 Å². The van der Waals surface area contributed by atoms with Gasteiger partial charge in [-0.15, -0.1) is 23.6 Å². The average Bonchev–Trinajstić information content (AvgIpc) is 3.70. The molecule has 0 aliphatic rings. The van der Waals surface area contributed by atoms with E-state index < -0.39 is 12.3 Å². The molecule has 0 aliphatic heterocycles. The van der Waals surface area contributed by atoms with Gasteiger partial charge in [-0.3, -0.25) is 4.57 Å². The molecule has 0 atom stereocenters. The number of ether oxygens (including phenoxy) is 1. The average molecular weight is 894 g/mol. The fourth-order valence-electron chi connectivity index (χ4n) is 6.79. The summed E-state index contributed by atoms with van der Waals surface area (Å²) in [5, 5.41) is 2.15. The Labute approximate surface area is 337 Å². The van der Waals surface area contributed by atoms with E-state index in [1.165, 1.54) is 5.56 Å². The number of pyridine rings is 2. The van der Waals surface area contributed by atoms with Crippen molar-refractivity contribution < 1.29 is 34.5 Å². The van der Waals surface area contributed by atoms with Crippen molar-refractivity contribution in [2.24, 2.45) is 5.89 Å². The number of hydrogen-bond acceptors (Lipinski definition) is 3. The van der Waals surface area contributed by atoms with Gasteiger partial charge in [-0.1, -0.05) is 115 Å². The van der Waals surface area contributed by atoms with Gasteiger partial charge in [-0.05, 0) is 87.9 Å². The van der Waals surface area contributed by atoms with Gasteiger partial charge in [0.25, 0.3) is 6.33 Å². The summed E-state index contributed by atoms with van der Waals surface area (Å²) in [6.45, 7) is 16.3. The summed E-state index contributed by atoms with van der Waals surface area (Å²) in [5.41, 5.74) is 7.59. The predicted octanol–water partition coefficient (Wildman–Crippen LogP) is 10.8. The van der Waals surface area contributed by atoms with Crippen molar-refractivity contribution in [1.29, 1.82) is 0 Å².